The van der Waals surface area contributed by atoms with E-state index < -0.39 is 0 Å². The van der Waals surface area contributed by atoms with E-state index in [1.54, 1.807) is 11.1 Å². The van der Waals surface area contributed by atoms with Gasteiger partial charge in [-0.25, -0.2) is 0 Å². The second kappa shape index (κ2) is 21.9. The molecule has 1 nitrogen and oxygen atoms in total. The van der Waals surface area contributed by atoms with Crippen molar-refractivity contribution >= 4 is 0 Å². The van der Waals surface area contributed by atoms with Gasteiger partial charge in [0, 0.05) is 12.6 Å². The third kappa shape index (κ3) is 11.2. The minimum absolute atomic E-state index is 0.492. The van der Waals surface area contributed by atoms with Crippen LogP contribution in [0.1, 0.15) is 188 Å². The third-order valence-corrected chi connectivity index (χ3v) is 17.0. The zero-order valence-electron chi connectivity index (χ0n) is 37.4. The summed E-state index contributed by atoms with van der Waals surface area (Å²) in [7, 11) is 0. The van der Waals surface area contributed by atoms with Crippen LogP contribution in [0.4, 0.5) is 0 Å². The fraction of sp³-hybridized carbons (Fsp3) is 0.714. The molecule has 0 aromatic rings. The minimum atomic E-state index is 0.492. The summed E-state index contributed by atoms with van der Waals surface area (Å²) >= 11 is 0. The van der Waals surface area contributed by atoms with Crippen molar-refractivity contribution in [2.45, 2.75) is 194 Å². The van der Waals surface area contributed by atoms with E-state index in [2.05, 4.69) is 93.8 Å². The molecule has 0 saturated heterocycles. The lowest BCUT2D eigenvalue weighted by Gasteiger charge is -2.45. The Labute approximate surface area is 352 Å². The lowest BCUT2D eigenvalue weighted by molar-refractivity contribution is 0.140. The van der Waals surface area contributed by atoms with Gasteiger partial charge in [-0.3, -0.25) is 0 Å². The van der Waals surface area contributed by atoms with Crippen LogP contribution >= 0.6 is 0 Å². The summed E-state index contributed by atoms with van der Waals surface area (Å²) in [6.07, 6.45) is 59.0. The molecule has 8 atom stereocenters. The van der Waals surface area contributed by atoms with Crippen molar-refractivity contribution in [3.63, 3.8) is 0 Å². The third-order valence-electron chi connectivity index (χ3n) is 17.0. The van der Waals surface area contributed by atoms with Crippen molar-refractivity contribution in [2.24, 2.45) is 53.3 Å². The number of allylic oxidation sites excluding steroid dienone is 14. The van der Waals surface area contributed by atoms with E-state index in [9.17, 15) is 0 Å². The zero-order chi connectivity index (χ0) is 39.4. The fourth-order valence-electron chi connectivity index (χ4n) is 13.4. The van der Waals surface area contributed by atoms with Crippen molar-refractivity contribution in [2.75, 3.05) is 6.54 Å². The first-order valence-electron chi connectivity index (χ1n) is 25.2. The highest BCUT2D eigenvalue weighted by Gasteiger charge is 2.40. The smallest absolute Gasteiger partial charge is 0.0256 e. The molecule has 0 bridgehead atoms. The summed E-state index contributed by atoms with van der Waals surface area (Å²) in [6, 6.07) is 0.492. The average Bonchev–Trinajstić information content (AvgIpc) is 3.28. The Hall–Kier alpha value is -2.12. The first-order valence-corrected chi connectivity index (χ1v) is 25.2. The van der Waals surface area contributed by atoms with E-state index in [-0.39, 0.29) is 0 Å². The molecule has 0 radical (unpaired) electrons. The highest BCUT2D eigenvalue weighted by Crippen LogP contribution is 2.52. The molecule has 1 N–H and O–H groups in total. The quantitative estimate of drug-likeness (QED) is 0.195. The fourth-order valence-corrected chi connectivity index (χ4v) is 13.4. The van der Waals surface area contributed by atoms with Crippen LogP contribution in [-0.2, 0) is 0 Å². The number of hydrogen-bond donors (Lipinski definition) is 1. The van der Waals surface area contributed by atoms with Crippen molar-refractivity contribution < 1.29 is 0 Å². The Morgan fingerprint density at radius 1 is 0.737 bits per heavy atom. The minimum Gasteiger partial charge on any atom is -0.307 e. The predicted molar refractivity (Wildman–Crippen MR) is 248 cm³/mol. The standard InChI is InChI=1S/C56H85N/c1-5-41(3)39-43(6-2)45-33-35-47(36-34-45)46-31-29-44(30-32-46)42(4)50-25-17-18-26-52(50)56(40-57-49-23-15-10-8-7-9-11-16-24-49)55-38-37-51(48-21-13-12-14-22-48)53-27-19-20-28-54(53)55/h8,10,12-13,16,21,24,33,35,39,42-47,49-50,54-55,57H,5-7,9,11,14-15,17-20,22-23,25-32,34,36-38,40H2,1-4H3/b10-8-,24-16-,41-39-,56-52+. The Balaban J connectivity index is 1.09. The van der Waals surface area contributed by atoms with Gasteiger partial charge in [0.1, 0.15) is 0 Å². The van der Waals surface area contributed by atoms with Crippen molar-refractivity contribution in [1.82, 2.24) is 5.32 Å². The van der Waals surface area contributed by atoms with Gasteiger partial charge in [-0.2, -0.15) is 0 Å². The van der Waals surface area contributed by atoms with Gasteiger partial charge in [0.25, 0.3) is 0 Å². The van der Waals surface area contributed by atoms with Crippen LogP contribution in [-0.4, -0.2) is 12.6 Å². The zero-order valence-corrected chi connectivity index (χ0v) is 37.4. The Morgan fingerprint density at radius 3 is 2.35 bits per heavy atom. The molecule has 1 heteroatoms. The maximum absolute atomic E-state index is 4.28. The van der Waals surface area contributed by atoms with E-state index in [4.69, 9.17) is 0 Å². The molecule has 0 spiro atoms. The van der Waals surface area contributed by atoms with Gasteiger partial charge in [-0.1, -0.05) is 117 Å². The van der Waals surface area contributed by atoms with Crippen LogP contribution in [0.5, 0.6) is 0 Å². The number of rotatable bonds is 12. The molecule has 314 valence electrons. The molecule has 0 aromatic carbocycles. The molecule has 7 rings (SSSR count). The number of fused-ring (bicyclic) bond motifs is 1. The molecule has 57 heavy (non-hydrogen) atoms. The van der Waals surface area contributed by atoms with E-state index in [0.29, 0.717) is 6.04 Å². The number of hydrogen-bond acceptors (Lipinski definition) is 1. The topological polar surface area (TPSA) is 12.0 Å². The summed E-state index contributed by atoms with van der Waals surface area (Å²) in [5.74, 6) is 7.28. The van der Waals surface area contributed by atoms with Gasteiger partial charge in [0.15, 0.2) is 0 Å². The van der Waals surface area contributed by atoms with Gasteiger partial charge in [0.2, 0.25) is 0 Å². The highest BCUT2D eigenvalue weighted by molar-refractivity contribution is 5.44. The second-order valence-corrected chi connectivity index (χ2v) is 20.2. The van der Waals surface area contributed by atoms with Crippen LogP contribution in [0.15, 0.2) is 94.2 Å². The molecule has 3 fully saturated rings. The normalized spacial score (nSPS) is 36.1. The molecule has 3 saturated carbocycles. The van der Waals surface area contributed by atoms with Gasteiger partial charge in [0.05, 0.1) is 0 Å². The van der Waals surface area contributed by atoms with E-state index in [1.165, 1.54) is 161 Å². The maximum atomic E-state index is 4.28. The van der Waals surface area contributed by atoms with Crippen molar-refractivity contribution in [3.8, 4) is 0 Å². The summed E-state index contributed by atoms with van der Waals surface area (Å²) in [5.41, 5.74) is 10.9. The summed E-state index contributed by atoms with van der Waals surface area (Å²) in [4.78, 5) is 0. The van der Waals surface area contributed by atoms with Gasteiger partial charge < -0.3 is 5.32 Å². The first-order chi connectivity index (χ1) is 28.0. The summed E-state index contributed by atoms with van der Waals surface area (Å²) in [6.45, 7) is 10.9. The molecule has 0 heterocycles. The van der Waals surface area contributed by atoms with Crippen LogP contribution in [0.2, 0.25) is 0 Å². The number of nitrogens with one attached hydrogen (secondary N) is 1. The molecule has 8 unspecified atom stereocenters. The van der Waals surface area contributed by atoms with E-state index >= 15 is 0 Å². The van der Waals surface area contributed by atoms with Crippen LogP contribution in [0, 0.1) is 53.3 Å². The molecular formula is C56H85N. The van der Waals surface area contributed by atoms with E-state index in [1.807, 2.05) is 22.3 Å². The molecule has 0 amide bonds. The summed E-state index contributed by atoms with van der Waals surface area (Å²) < 4.78 is 0. The van der Waals surface area contributed by atoms with Crippen molar-refractivity contribution in [1.29, 1.82) is 0 Å². The molecule has 7 aliphatic carbocycles. The van der Waals surface area contributed by atoms with Gasteiger partial charge in [-0.05, 0) is 219 Å². The Morgan fingerprint density at radius 2 is 1.56 bits per heavy atom. The molecule has 7 aliphatic rings. The first kappa shape index (κ1) is 43.0. The Bertz CT molecular complexity index is 1530. The SMILES string of the molecule is CC/C(C)=C\C(CC)C1C=CC(C2CCC(C(C)C3CCCC/C3=C(/CNC3/C=C\CCC/C=C\CC3)C3CCC(C4=CC=CCC4)=C4CCCCC43)CC2)CC1. The maximum Gasteiger partial charge on any atom is 0.0256 e. The molecule has 0 aliphatic heterocycles. The lowest BCUT2D eigenvalue weighted by atomic mass is 9.61. The Kier molecular flexibility index (Phi) is 16.5. The molecular weight excluding hydrogens is 687 g/mol. The van der Waals surface area contributed by atoms with Crippen molar-refractivity contribution in [3.05, 3.63) is 94.2 Å². The van der Waals surface area contributed by atoms with Gasteiger partial charge in [-0.15, -0.1) is 0 Å². The second-order valence-electron chi connectivity index (χ2n) is 20.2. The van der Waals surface area contributed by atoms with E-state index in [0.717, 1.165) is 59.8 Å². The summed E-state index contributed by atoms with van der Waals surface area (Å²) in [5, 5.41) is 4.28. The van der Waals surface area contributed by atoms with Crippen LogP contribution < -0.4 is 5.32 Å². The van der Waals surface area contributed by atoms with Gasteiger partial charge >= 0.3 is 0 Å². The molecule has 0 aromatic heterocycles. The predicted octanol–water partition coefficient (Wildman–Crippen LogP) is 16.1. The van der Waals surface area contributed by atoms with Crippen LogP contribution in [0.25, 0.3) is 0 Å². The lowest BCUT2D eigenvalue weighted by Crippen LogP contribution is -2.37. The van der Waals surface area contributed by atoms with Crippen LogP contribution in [0.3, 0.4) is 0 Å². The largest absolute Gasteiger partial charge is 0.307 e. The highest BCUT2D eigenvalue weighted by atomic mass is 14.9. The average molecular weight is 772 g/mol. The monoisotopic (exact) mass is 772 g/mol.